The van der Waals surface area contributed by atoms with Crippen molar-refractivity contribution in [1.82, 2.24) is 4.98 Å². The van der Waals surface area contributed by atoms with Crippen molar-refractivity contribution in [3.05, 3.63) is 71.4 Å². The molecule has 0 bridgehead atoms. The van der Waals surface area contributed by atoms with E-state index in [9.17, 15) is 4.79 Å². The van der Waals surface area contributed by atoms with Crippen LogP contribution in [0.15, 0.2) is 54.7 Å². The van der Waals surface area contributed by atoms with Crippen LogP contribution < -0.4 is 20.1 Å². The number of fused-ring (bicyclic) bond motifs is 1. The van der Waals surface area contributed by atoms with E-state index < -0.39 is 0 Å². The number of aromatic nitrogens is 1. The Morgan fingerprint density at radius 3 is 2.50 bits per heavy atom. The summed E-state index contributed by atoms with van der Waals surface area (Å²) in [6.07, 6.45) is 1.61. The highest BCUT2D eigenvalue weighted by Crippen LogP contribution is 2.32. The molecule has 3 aromatic rings. The molecule has 0 atom stereocenters. The Morgan fingerprint density at radius 2 is 1.68 bits per heavy atom. The lowest BCUT2D eigenvalue weighted by molar-refractivity contribution is 0.102. The molecule has 1 aromatic heterocycles. The topological polar surface area (TPSA) is 72.5 Å². The van der Waals surface area contributed by atoms with Crippen molar-refractivity contribution in [2.24, 2.45) is 0 Å². The number of nitrogens with zero attached hydrogens (tertiary/aromatic N) is 1. The standard InChI is InChI=1S/C22H21N3O3/c1-14-3-4-17(11-15(14)2)24-21-12-16(7-8-23-21)22(26)25-18-5-6-19-20(13-18)28-10-9-27-19/h3-8,11-13H,9-10H2,1-2H3,(H,23,24)(H,25,26). The maximum Gasteiger partial charge on any atom is 0.255 e. The Kier molecular flexibility index (Phi) is 4.85. The fraction of sp³-hybridized carbons (Fsp3) is 0.182. The second kappa shape index (κ2) is 7.60. The molecule has 4 rings (SSSR count). The molecule has 0 spiro atoms. The number of pyridine rings is 1. The van der Waals surface area contributed by atoms with E-state index in [4.69, 9.17) is 9.47 Å². The number of carbonyl (C=O) groups excluding carboxylic acids is 1. The van der Waals surface area contributed by atoms with E-state index in [0.717, 1.165) is 5.69 Å². The third kappa shape index (κ3) is 3.91. The number of benzene rings is 2. The van der Waals surface area contributed by atoms with Crippen LogP contribution in [0.5, 0.6) is 11.5 Å². The van der Waals surface area contributed by atoms with Gasteiger partial charge in [-0.15, -0.1) is 0 Å². The van der Waals surface area contributed by atoms with Crippen LogP contribution >= 0.6 is 0 Å². The van der Waals surface area contributed by atoms with Crippen molar-refractivity contribution in [1.29, 1.82) is 0 Å². The van der Waals surface area contributed by atoms with Crippen LogP contribution in [0.2, 0.25) is 0 Å². The van der Waals surface area contributed by atoms with E-state index in [1.54, 1.807) is 36.5 Å². The number of amides is 1. The number of ether oxygens (including phenoxy) is 2. The first kappa shape index (κ1) is 17.9. The first-order chi connectivity index (χ1) is 13.6. The predicted molar refractivity (Wildman–Crippen MR) is 109 cm³/mol. The molecule has 0 fully saturated rings. The number of rotatable bonds is 4. The summed E-state index contributed by atoms with van der Waals surface area (Å²) in [7, 11) is 0. The largest absolute Gasteiger partial charge is 0.486 e. The van der Waals surface area contributed by atoms with Crippen molar-refractivity contribution in [2.75, 3.05) is 23.8 Å². The Balaban J connectivity index is 1.49. The SMILES string of the molecule is Cc1ccc(Nc2cc(C(=O)Nc3ccc4c(c3)OCCO4)ccn2)cc1C. The van der Waals surface area contributed by atoms with Crippen LogP contribution in [-0.4, -0.2) is 24.1 Å². The summed E-state index contributed by atoms with van der Waals surface area (Å²) in [6, 6.07) is 14.9. The first-order valence-electron chi connectivity index (χ1n) is 9.10. The fourth-order valence-electron chi connectivity index (χ4n) is 2.93. The minimum atomic E-state index is -0.220. The van der Waals surface area contributed by atoms with E-state index in [2.05, 4.69) is 41.6 Å². The molecule has 6 heteroatoms. The maximum atomic E-state index is 12.6. The molecule has 1 aliphatic rings. The predicted octanol–water partition coefficient (Wildman–Crippen LogP) is 4.47. The highest BCUT2D eigenvalue weighted by Gasteiger charge is 2.14. The van der Waals surface area contributed by atoms with Crippen molar-refractivity contribution < 1.29 is 14.3 Å². The van der Waals surface area contributed by atoms with E-state index >= 15 is 0 Å². The van der Waals surface area contributed by atoms with Crippen molar-refractivity contribution in [3.63, 3.8) is 0 Å². The molecule has 6 nitrogen and oxygen atoms in total. The van der Waals surface area contributed by atoms with Gasteiger partial charge in [-0.3, -0.25) is 4.79 Å². The van der Waals surface area contributed by atoms with Crippen LogP contribution in [0, 0.1) is 13.8 Å². The van der Waals surface area contributed by atoms with E-state index in [1.807, 2.05) is 6.07 Å². The van der Waals surface area contributed by atoms with Gasteiger partial charge in [0.1, 0.15) is 19.0 Å². The number of nitrogens with one attached hydrogen (secondary N) is 2. The molecule has 2 N–H and O–H groups in total. The zero-order valence-corrected chi connectivity index (χ0v) is 15.8. The zero-order valence-electron chi connectivity index (χ0n) is 15.8. The van der Waals surface area contributed by atoms with Gasteiger partial charge in [-0.2, -0.15) is 0 Å². The molecule has 0 radical (unpaired) electrons. The summed E-state index contributed by atoms with van der Waals surface area (Å²) in [5.41, 5.74) is 4.51. The quantitative estimate of drug-likeness (QED) is 0.704. The van der Waals surface area contributed by atoms with Gasteiger partial charge in [-0.25, -0.2) is 4.98 Å². The van der Waals surface area contributed by atoms with Crippen LogP contribution in [-0.2, 0) is 0 Å². The summed E-state index contributed by atoms with van der Waals surface area (Å²) < 4.78 is 11.1. The lowest BCUT2D eigenvalue weighted by Gasteiger charge is -2.19. The van der Waals surface area contributed by atoms with Gasteiger partial charge < -0.3 is 20.1 Å². The lowest BCUT2D eigenvalue weighted by atomic mass is 10.1. The molecule has 0 unspecified atom stereocenters. The molecule has 1 aliphatic heterocycles. The summed E-state index contributed by atoms with van der Waals surface area (Å²) >= 11 is 0. The molecule has 0 saturated carbocycles. The van der Waals surface area contributed by atoms with Gasteiger partial charge in [0.15, 0.2) is 11.5 Å². The molecule has 0 aliphatic carbocycles. The average molecular weight is 375 g/mol. The lowest BCUT2D eigenvalue weighted by Crippen LogP contribution is -2.16. The third-order valence-electron chi connectivity index (χ3n) is 4.60. The summed E-state index contributed by atoms with van der Waals surface area (Å²) in [5, 5.41) is 6.13. The molecule has 0 saturated heterocycles. The van der Waals surface area contributed by atoms with E-state index in [-0.39, 0.29) is 5.91 Å². The third-order valence-corrected chi connectivity index (χ3v) is 4.60. The second-order valence-corrected chi connectivity index (χ2v) is 6.67. The number of hydrogen-bond acceptors (Lipinski definition) is 5. The Hall–Kier alpha value is -3.54. The molecule has 142 valence electrons. The van der Waals surface area contributed by atoms with Crippen LogP contribution in [0.3, 0.4) is 0 Å². The number of hydrogen-bond donors (Lipinski definition) is 2. The minimum absolute atomic E-state index is 0.220. The number of anilines is 3. The molecule has 28 heavy (non-hydrogen) atoms. The second-order valence-electron chi connectivity index (χ2n) is 6.67. The highest BCUT2D eigenvalue weighted by molar-refractivity contribution is 6.04. The fourth-order valence-corrected chi connectivity index (χ4v) is 2.93. The smallest absolute Gasteiger partial charge is 0.255 e. The molecular weight excluding hydrogens is 354 g/mol. The van der Waals surface area contributed by atoms with Crippen LogP contribution in [0.25, 0.3) is 0 Å². The number of carbonyl (C=O) groups is 1. The van der Waals surface area contributed by atoms with Crippen LogP contribution in [0.4, 0.5) is 17.2 Å². The van der Waals surface area contributed by atoms with Gasteiger partial charge in [0.25, 0.3) is 5.91 Å². The summed E-state index contributed by atoms with van der Waals surface area (Å²) in [5.74, 6) is 1.71. The van der Waals surface area contributed by atoms with Gasteiger partial charge in [-0.05, 0) is 61.4 Å². The van der Waals surface area contributed by atoms with Gasteiger partial charge >= 0.3 is 0 Å². The Morgan fingerprint density at radius 1 is 0.893 bits per heavy atom. The Labute approximate surface area is 163 Å². The molecule has 1 amide bonds. The van der Waals surface area contributed by atoms with Gasteiger partial charge in [-0.1, -0.05) is 6.07 Å². The van der Waals surface area contributed by atoms with Crippen molar-refractivity contribution in [2.45, 2.75) is 13.8 Å². The van der Waals surface area contributed by atoms with Crippen LogP contribution in [0.1, 0.15) is 21.5 Å². The van der Waals surface area contributed by atoms with Crippen molar-refractivity contribution >= 4 is 23.1 Å². The normalized spacial score (nSPS) is 12.4. The first-order valence-corrected chi connectivity index (χ1v) is 9.10. The maximum absolute atomic E-state index is 12.6. The average Bonchev–Trinajstić information content (AvgIpc) is 2.71. The minimum Gasteiger partial charge on any atom is -0.486 e. The zero-order chi connectivity index (χ0) is 19.5. The highest BCUT2D eigenvalue weighted by atomic mass is 16.6. The van der Waals surface area contributed by atoms with Crippen molar-refractivity contribution in [3.8, 4) is 11.5 Å². The van der Waals surface area contributed by atoms with Gasteiger partial charge in [0.05, 0.1) is 0 Å². The van der Waals surface area contributed by atoms with E-state index in [1.165, 1.54) is 11.1 Å². The number of aryl methyl sites for hydroxylation is 2. The van der Waals surface area contributed by atoms with Gasteiger partial charge in [0, 0.05) is 29.2 Å². The Bertz CT molecular complexity index is 1030. The monoisotopic (exact) mass is 375 g/mol. The summed E-state index contributed by atoms with van der Waals surface area (Å²) in [4.78, 5) is 17.0. The van der Waals surface area contributed by atoms with E-state index in [0.29, 0.717) is 41.8 Å². The molecule has 2 heterocycles. The van der Waals surface area contributed by atoms with Gasteiger partial charge in [0.2, 0.25) is 0 Å². The molecular formula is C22H21N3O3. The molecule has 2 aromatic carbocycles. The summed E-state index contributed by atoms with van der Waals surface area (Å²) in [6.45, 7) is 5.17.